The Balaban J connectivity index is 0.00000242. The number of likely N-dealkylation sites (tertiary alicyclic amines) is 1. The zero-order valence-corrected chi connectivity index (χ0v) is 14.0. The molecule has 9 heteroatoms. The minimum absolute atomic E-state index is 0. The third kappa shape index (κ3) is 3.82. The number of hydrogen-bond acceptors (Lipinski definition) is 6. The molecule has 3 N–H and O–H groups in total. The molecule has 22 heavy (non-hydrogen) atoms. The molecule has 1 aliphatic heterocycles. The van der Waals surface area contributed by atoms with Crippen molar-refractivity contribution in [3.8, 4) is 0 Å². The number of nitrogens with two attached hydrogens (primary N) is 1. The maximum Gasteiger partial charge on any atom is 0.271 e. The second-order valence-electron chi connectivity index (χ2n) is 5.09. The topological polar surface area (TPSA) is 105 Å². The summed E-state index contributed by atoms with van der Waals surface area (Å²) in [6.45, 7) is 3.99. The van der Waals surface area contributed by atoms with Crippen LogP contribution in [-0.4, -0.2) is 46.2 Å². The number of carbonyl (C=O) groups excluding carboxylic acids is 3. The first-order chi connectivity index (χ1) is 9.93. The first-order valence-corrected chi connectivity index (χ1v) is 7.63. The lowest BCUT2D eigenvalue weighted by molar-refractivity contribution is -0.140. The molecular formula is C13H19ClN4O3S. The van der Waals surface area contributed by atoms with Crippen molar-refractivity contribution in [3.05, 3.63) is 16.1 Å². The Morgan fingerprint density at radius 2 is 2.23 bits per heavy atom. The molecule has 1 aromatic heterocycles. The predicted octanol–water partition coefficient (Wildman–Crippen LogP) is 0.332. The molecule has 1 unspecified atom stereocenters. The Bertz CT molecular complexity index is 575. The molecular weight excluding hydrogens is 328 g/mol. The van der Waals surface area contributed by atoms with E-state index in [4.69, 9.17) is 5.73 Å². The second-order valence-corrected chi connectivity index (χ2v) is 6.03. The van der Waals surface area contributed by atoms with E-state index in [0.29, 0.717) is 13.0 Å². The smallest absolute Gasteiger partial charge is 0.271 e. The van der Waals surface area contributed by atoms with Gasteiger partial charge in [-0.05, 0) is 20.4 Å². The van der Waals surface area contributed by atoms with Gasteiger partial charge in [0, 0.05) is 17.8 Å². The molecule has 2 heterocycles. The molecule has 0 aromatic carbocycles. The van der Waals surface area contributed by atoms with Gasteiger partial charge >= 0.3 is 0 Å². The van der Waals surface area contributed by atoms with Crippen LogP contribution in [-0.2, 0) is 16.0 Å². The van der Waals surface area contributed by atoms with Crippen LogP contribution >= 0.6 is 23.7 Å². The van der Waals surface area contributed by atoms with E-state index in [1.807, 2.05) is 0 Å². The van der Waals surface area contributed by atoms with Crippen molar-refractivity contribution in [1.29, 1.82) is 0 Å². The van der Waals surface area contributed by atoms with Gasteiger partial charge in [-0.15, -0.1) is 23.7 Å². The van der Waals surface area contributed by atoms with Gasteiger partial charge in [0.25, 0.3) is 11.8 Å². The third-order valence-electron chi connectivity index (χ3n) is 3.15. The number of nitrogens with one attached hydrogen (secondary N) is 1. The van der Waals surface area contributed by atoms with Crippen LogP contribution in [0.2, 0.25) is 0 Å². The van der Waals surface area contributed by atoms with Crippen molar-refractivity contribution in [1.82, 2.24) is 15.2 Å². The van der Waals surface area contributed by atoms with Crippen LogP contribution in [0.5, 0.6) is 0 Å². The van der Waals surface area contributed by atoms with Crippen molar-refractivity contribution in [2.24, 2.45) is 5.73 Å². The molecule has 0 aliphatic carbocycles. The quantitative estimate of drug-likeness (QED) is 0.747. The number of amides is 3. The molecule has 1 atom stereocenters. The van der Waals surface area contributed by atoms with Crippen LogP contribution in [0, 0.1) is 0 Å². The number of rotatable bonds is 5. The number of aromatic nitrogens is 1. The van der Waals surface area contributed by atoms with Gasteiger partial charge in [-0.2, -0.15) is 0 Å². The molecule has 0 saturated carbocycles. The van der Waals surface area contributed by atoms with Crippen molar-refractivity contribution in [2.75, 3.05) is 6.54 Å². The summed E-state index contributed by atoms with van der Waals surface area (Å²) in [6.07, 6.45) is 0.614. The summed E-state index contributed by atoms with van der Waals surface area (Å²) in [5, 5.41) is 4.98. The highest BCUT2D eigenvalue weighted by Gasteiger charge is 2.40. The predicted molar refractivity (Wildman–Crippen MR) is 85.0 cm³/mol. The van der Waals surface area contributed by atoms with E-state index in [9.17, 15) is 14.4 Å². The summed E-state index contributed by atoms with van der Waals surface area (Å²) >= 11 is 1.35. The molecule has 0 bridgehead atoms. The molecule has 1 aliphatic rings. The fourth-order valence-electron chi connectivity index (χ4n) is 2.19. The maximum atomic E-state index is 12.1. The zero-order valence-electron chi connectivity index (χ0n) is 12.4. The molecule has 7 nitrogen and oxygen atoms in total. The summed E-state index contributed by atoms with van der Waals surface area (Å²) < 4.78 is 0. The normalized spacial score (nSPS) is 17.8. The molecule has 122 valence electrons. The lowest BCUT2D eigenvalue weighted by Crippen LogP contribution is -2.43. The highest BCUT2D eigenvalue weighted by atomic mass is 35.5. The standard InChI is InChI=1S/C13H18N4O3S.ClH/c1-7(2)17-11(18)5-8(13(17)20)16-12(19)9-6-21-10(15-9)3-4-14;/h6-8H,3-5,14H2,1-2H3,(H,16,19);1H. The van der Waals surface area contributed by atoms with Crippen LogP contribution in [0.15, 0.2) is 5.38 Å². The van der Waals surface area contributed by atoms with Crippen molar-refractivity contribution < 1.29 is 14.4 Å². The highest BCUT2D eigenvalue weighted by Crippen LogP contribution is 2.17. The van der Waals surface area contributed by atoms with Crippen LogP contribution in [0.25, 0.3) is 0 Å². The van der Waals surface area contributed by atoms with Gasteiger partial charge in [0.2, 0.25) is 5.91 Å². The number of imide groups is 1. The van der Waals surface area contributed by atoms with Crippen molar-refractivity contribution >= 4 is 41.5 Å². The van der Waals surface area contributed by atoms with Gasteiger partial charge in [0.1, 0.15) is 11.7 Å². The van der Waals surface area contributed by atoms with Gasteiger partial charge in [0.15, 0.2) is 0 Å². The monoisotopic (exact) mass is 346 g/mol. The Hall–Kier alpha value is -1.51. The fraction of sp³-hybridized carbons (Fsp3) is 0.538. The van der Waals surface area contributed by atoms with Gasteiger partial charge < -0.3 is 11.1 Å². The molecule has 3 amide bonds. The van der Waals surface area contributed by atoms with E-state index in [0.717, 1.165) is 5.01 Å². The Kier molecular flexibility index (Phi) is 6.46. The van der Waals surface area contributed by atoms with Gasteiger partial charge in [-0.3, -0.25) is 19.3 Å². The Morgan fingerprint density at radius 1 is 1.55 bits per heavy atom. The van der Waals surface area contributed by atoms with Crippen LogP contribution in [0.4, 0.5) is 0 Å². The minimum atomic E-state index is -0.799. The van der Waals surface area contributed by atoms with E-state index in [2.05, 4.69) is 10.3 Å². The van der Waals surface area contributed by atoms with Gasteiger partial charge in [-0.1, -0.05) is 0 Å². The largest absolute Gasteiger partial charge is 0.338 e. The number of hydrogen-bond donors (Lipinski definition) is 2. The summed E-state index contributed by atoms with van der Waals surface area (Å²) in [5.41, 5.74) is 5.69. The summed E-state index contributed by atoms with van der Waals surface area (Å²) in [6, 6.07) is -1.01. The molecule has 1 aromatic rings. The van der Waals surface area contributed by atoms with Crippen molar-refractivity contribution in [2.45, 2.75) is 38.8 Å². The number of halogens is 1. The highest BCUT2D eigenvalue weighted by molar-refractivity contribution is 7.09. The average molecular weight is 347 g/mol. The van der Waals surface area contributed by atoms with Crippen LogP contribution in [0.3, 0.4) is 0 Å². The van der Waals surface area contributed by atoms with Crippen LogP contribution < -0.4 is 11.1 Å². The SMILES string of the molecule is CC(C)N1C(=O)CC(NC(=O)c2csc(CCN)n2)C1=O.Cl. The summed E-state index contributed by atoms with van der Waals surface area (Å²) in [4.78, 5) is 41.3. The molecule has 0 spiro atoms. The summed E-state index contributed by atoms with van der Waals surface area (Å²) in [7, 11) is 0. The first-order valence-electron chi connectivity index (χ1n) is 6.75. The Morgan fingerprint density at radius 3 is 2.77 bits per heavy atom. The first kappa shape index (κ1) is 18.5. The zero-order chi connectivity index (χ0) is 15.6. The van der Waals surface area contributed by atoms with Gasteiger partial charge in [-0.25, -0.2) is 4.98 Å². The number of carbonyl (C=O) groups is 3. The van der Waals surface area contributed by atoms with Crippen molar-refractivity contribution in [3.63, 3.8) is 0 Å². The average Bonchev–Trinajstić information content (AvgIpc) is 2.96. The molecule has 1 saturated heterocycles. The number of thiazole rings is 1. The summed E-state index contributed by atoms with van der Waals surface area (Å²) in [5.74, 6) is -1.06. The van der Waals surface area contributed by atoms with E-state index < -0.39 is 11.9 Å². The molecule has 1 fully saturated rings. The lowest BCUT2D eigenvalue weighted by Gasteiger charge is -2.18. The van der Waals surface area contributed by atoms with E-state index in [1.54, 1.807) is 19.2 Å². The second kappa shape index (κ2) is 7.66. The van der Waals surface area contributed by atoms with E-state index in [-0.39, 0.29) is 42.4 Å². The molecule has 0 radical (unpaired) electrons. The van der Waals surface area contributed by atoms with Crippen LogP contribution in [0.1, 0.15) is 35.8 Å². The number of nitrogens with zero attached hydrogens (tertiary/aromatic N) is 2. The van der Waals surface area contributed by atoms with E-state index >= 15 is 0 Å². The van der Waals surface area contributed by atoms with Gasteiger partial charge in [0.05, 0.1) is 11.4 Å². The third-order valence-corrected chi connectivity index (χ3v) is 4.06. The Labute approximate surface area is 138 Å². The van der Waals surface area contributed by atoms with E-state index in [1.165, 1.54) is 16.2 Å². The maximum absolute atomic E-state index is 12.1. The lowest BCUT2D eigenvalue weighted by atomic mass is 10.2. The molecule has 2 rings (SSSR count). The fourth-order valence-corrected chi connectivity index (χ4v) is 2.99. The minimum Gasteiger partial charge on any atom is -0.338 e.